The summed E-state index contributed by atoms with van der Waals surface area (Å²) in [5, 5.41) is 6.78. The van der Waals surface area contributed by atoms with Gasteiger partial charge >= 0.3 is 5.97 Å². The minimum Gasteiger partial charge on any atom is -0.458 e. The van der Waals surface area contributed by atoms with Crippen LogP contribution in [0.3, 0.4) is 0 Å². The minimum atomic E-state index is -3.85. The van der Waals surface area contributed by atoms with Crippen molar-refractivity contribution in [1.82, 2.24) is 29.0 Å². The van der Waals surface area contributed by atoms with Gasteiger partial charge in [-0.25, -0.2) is 21.6 Å². The van der Waals surface area contributed by atoms with Crippen LogP contribution >= 0.6 is 45.9 Å². The van der Waals surface area contributed by atoms with E-state index in [0.29, 0.717) is 69.7 Å². The average Bonchev–Trinajstić information content (AvgIpc) is 4.06. The number of sulfonamides is 2. The lowest BCUT2D eigenvalue weighted by Gasteiger charge is -2.48. The lowest BCUT2D eigenvalue weighted by atomic mass is 9.99. The fourth-order valence-electron chi connectivity index (χ4n) is 9.28. The van der Waals surface area contributed by atoms with Gasteiger partial charge in [-0.3, -0.25) is 19.4 Å². The van der Waals surface area contributed by atoms with E-state index in [0.717, 1.165) is 74.0 Å². The Labute approximate surface area is 445 Å². The molecule has 2 amide bonds. The third kappa shape index (κ3) is 16.0. The van der Waals surface area contributed by atoms with Crippen LogP contribution in [0.1, 0.15) is 142 Å². The zero-order chi connectivity index (χ0) is 52.1. The van der Waals surface area contributed by atoms with Gasteiger partial charge in [0, 0.05) is 82.3 Å². The summed E-state index contributed by atoms with van der Waals surface area (Å²) in [4.78, 5) is 46.4. The topological polar surface area (TPSA) is 166 Å². The molecule has 72 heavy (non-hydrogen) atoms. The second-order valence-electron chi connectivity index (χ2n) is 19.6. The van der Waals surface area contributed by atoms with Crippen molar-refractivity contribution in [1.29, 1.82) is 0 Å². The number of amides is 2. The summed E-state index contributed by atoms with van der Waals surface area (Å²) in [5.41, 5.74) is 0.136. The van der Waals surface area contributed by atoms with Gasteiger partial charge in [-0.2, -0.15) is 8.61 Å². The molecule has 0 bridgehead atoms. The summed E-state index contributed by atoms with van der Waals surface area (Å²) in [6.45, 7) is 12.6. The average molecular weight is 1110 g/mol. The van der Waals surface area contributed by atoms with E-state index in [-0.39, 0.29) is 77.6 Å². The molecule has 0 radical (unpaired) electrons. The van der Waals surface area contributed by atoms with E-state index in [9.17, 15) is 31.2 Å². The molecule has 396 valence electrons. The van der Waals surface area contributed by atoms with E-state index in [1.54, 1.807) is 72.8 Å². The van der Waals surface area contributed by atoms with Crippen molar-refractivity contribution >= 4 is 83.7 Å². The Morgan fingerprint density at radius 2 is 0.986 bits per heavy atom. The van der Waals surface area contributed by atoms with Crippen LogP contribution in [0.25, 0.3) is 0 Å². The van der Waals surface area contributed by atoms with Crippen LogP contribution in [0.4, 0.5) is 0 Å². The molecule has 0 spiro atoms. The normalized spacial score (nSPS) is 15.9. The van der Waals surface area contributed by atoms with Crippen LogP contribution < -0.4 is 10.6 Å². The second-order valence-corrected chi connectivity index (χ2v) is 27.1. The fraction of sp³-hybridized carbons (Fsp3) is 0.558. The molecule has 4 heterocycles. The molecule has 2 aromatic heterocycles. The molecule has 4 aromatic rings. The lowest BCUT2D eigenvalue weighted by Crippen LogP contribution is -2.63. The molecule has 20 heteroatoms. The number of rotatable bonds is 25. The molecule has 0 atom stereocenters. The second kappa shape index (κ2) is 26.9. The number of hydrogen-bond donors (Lipinski definition) is 2. The largest absolute Gasteiger partial charge is 0.458 e. The van der Waals surface area contributed by atoms with Crippen LogP contribution in [0.15, 0.2) is 81.2 Å². The Hall–Kier alpha value is -3.43. The van der Waals surface area contributed by atoms with Crippen molar-refractivity contribution in [3.8, 4) is 0 Å². The van der Waals surface area contributed by atoms with Gasteiger partial charge in [0.25, 0.3) is 31.9 Å². The maximum atomic E-state index is 14.9. The van der Waals surface area contributed by atoms with Gasteiger partial charge in [0.1, 0.15) is 14.0 Å². The number of unbranched alkanes of at least 4 members (excludes halogenated alkanes) is 6. The smallest absolute Gasteiger partial charge is 0.339 e. The van der Waals surface area contributed by atoms with Gasteiger partial charge in [0.05, 0.1) is 13.1 Å². The molecule has 2 aromatic carbocycles. The Balaban J connectivity index is 1.18. The first-order valence-electron chi connectivity index (χ1n) is 25.3. The zero-order valence-corrected chi connectivity index (χ0v) is 47.0. The monoisotopic (exact) mass is 1110 g/mol. The third-order valence-electron chi connectivity index (χ3n) is 13.1. The van der Waals surface area contributed by atoms with Gasteiger partial charge in [-0.05, 0) is 132 Å². The van der Waals surface area contributed by atoms with Crippen LogP contribution in [0, 0.1) is 0 Å². The van der Waals surface area contributed by atoms with Gasteiger partial charge in [-0.1, -0.05) is 75.6 Å². The molecular formula is C52H72Cl2N6O8S4. The fourth-order valence-corrected chi connectivity index (χ4v) is 15.4. The third-order valence-corrected chi connectivity index (χ3v) is 20.5. The molecule has 2 N–H and O–H groups in total. The van der Waals surface area contributed by atoms with Crippen LogP contribution in [-0.2, 0) is 42.7 Å². The van der Waals surface area contributed by atoms with Crippen molar-refractivity contribution < 1.29 is 36.0 Å². The van der Waals surface area contributed by atoms with Crippen LogP contribution in [0.2, 0.25) is 10.0 Å². The standard InChI is InChI=1S/C52H72Cl2N6O8S4/c1-6-8-10-12-30-59(42-26-32-57(33-27-42)71(64,65)46-24-22-44(69-46)36-55-48(61)38-14-18-40(53)19-15-38)50(51(63)68-52(3,4)5)60(31-13-11-9-7-2)43-28-34-58(35-29-43)72(66,67)47-25-23-45(70-47)37-56-49(62)39-16-20-41(54)21-17-39/h14-25,42-43,50H,6-13,26-37H2,1-5H3,(H,55,61)(H,56,62). The Bertz CT molecular complexity index is 2440. The van der Waals surface area contributed by atoms with E-state index in [1.807, 2.05) is 20.8 Å². The van der Waals surface area contributed by atoms with Crippen molar-refractivity contribution in [2.24, 2.45) is 0 Å². The van der Waals surface area contributed by atoms with Gasteiger partial charge in [0.2, 0.25) is 0 Å². The lowest BCUT2D eigenvalue weighted by molar-refractivity contribution is -0.175. The maximum absolute atomic E-state index is 14.9. The number of benzene rings is 2. The molecule has 2 aliphatic rings. The van der Waals surface area contributed by atoms with Crippen molar-refractivity contribution in [3.05, 3.63) is 104 Å². The number of piperidine rings is 2. The number of thiophene rings is 2. The summed E-state index contributed by atoms with van der Waals surface area (Å²) >= 11 is 14.3. The Morgan fingerprint density at radius 1 is 0.611 bits per heavy atom. The highest BCUT2D eigenvalue weighted by atomic mass is 35.5. The minimum absolute atomic E-state index is 0.125. The van der Waals surface area contributed by atoms with Crippen molar-refractivity contribution in [2.45, 2.75) is 157 Å². The number of nitrogens with one attached hydrogen (secondary N) is 2. The molecule has 14 nitrogen and oxygen atoms in total. The highest BCUT2D eigenvalue weighted by molar-refractivity contribution is 7.91. The molecule has 2 aliphatic heterocycles. The number of halogens is 2. The maximum Gasteiger partial charge on any atom is 0.339 e. The molecule has 6 rings (SSSR count). The summed E-state index contributed by atoms with van der Waals surface area (Å²) in [6.07, 6.45) is 9.13. The number of carbonyl (C=O) groups excluding carboxylic acids is 3. The van der Waals surface area contributed by atoms with Crippen molar-refractivity contribution in [2.75, 3.05) is 39.3 Å². The molecule has 0 unspecified atom stereocenters. The quantitative estimate of drug-likeness (QED) is 0.0371. The van der Waals surface area contributed by atoms with Crippen LogP contribution in [-0.4, -0.2) is 116 Å². The Kier molecular flexibility index (Phi) is 21.6. The van der Waals surface area contributed by atoms with Gasteiger partial charge in [0.15, 0.2) is 6.17 Å². The summed E-state index contributed by atoms with van der Waals surface area (Å²) in [5.74, 6) is -0.912. The SMILES string of the molecule is CCCCCCN(C1CCN(S(=O)(=O)c2ccc(CNC(=O)c3ccc(Cl)cc3)s2)CC1)C(C(=O)OC(C)(C)C)N(CCCCCC)C1CCN(S(=O)(=O)c2ccc(CNC(=O)c3ccc(Cl)cc3)s2)CC1. The van der Waals surface area contributed by atoms with E-state index in [1.165, 1.54) is 8.61 Å². The first kappa shape index (κ1) is 57.8. The van der Waals surface area contributed by atoms with E-state index >= 15 is 0 Å². The highest BCUT2D eigenvalue weighted by Gasteiger charge is 2.44. The number of esters is 1. The Morgan fingerprint density at radius 3 is 1.33 bits per heavy atom. The highest BCUT2D eigenvalue weighted by Crippen LogP contribution is 2.34. The number of ether oxygens (including phenoxy) is 1. The molecule has 0 saturated carbocycles. The zero-order valence-electron chi connectivity index (χ0n) is 42.2. The predicted molar refractivity (Wildman–Crippen MR) is 289 cm³/mol. The van der Waals surface area contributed by atoms with Crippen LogP contribution in [0.5, 0.6) is 0 Å². The number of carbonyl (C=O) groups is 3. The summed E-state index contributed by atoms with van der Waals surface area (Å²) < 4.78 is 66.5. The molecule has 0 aliphatic carbocycles. The summed E-state index contributed by atoms with van der Waals surface area (Å²) in [6, 6.07) is 19.5. The van der Waals surface area contributed by atoms with E-state index < -0.39 is 31.8 Å². The van der Waals surface area contributed by atoms with Crippen molar-refractivity contribution in [3.63, 3.8) is 0 Å². The molecular weight excluding hydrogens is 1040 g/mol. The molecule has 2 fully saturated rings. The van der Waals surface area contributed by atoms with Gasteiger partial charge < -0.3 is 15.4 Å². The predicted octanol–water partition coefficient (Wildman–Crippen LogP) is 10.4. The first-order chi connectivity index (χ1) is 34.3. The number of hydrogen-bond acceptors (Lipinski definition) is 12. The first-order valence-corrected chi connectivity index (χ1v) is 30.6. The summed E-state index contributed by atoms with van der Waals surface area (Å²) in [7, 11) is -7.69. The van der Waals surface area contributed by atoms with E-state index in [4.69, 9.17) is 27.9 Å². The number of nitrogens with zero attached hydrogens (tertiary/aromatic N) is 4. The molecule has 2 saturated heterocycles. The van der Waals surface area contributed by atoms with Gasteiger partial charge in [-0.15, -0.1) is 22.7 Å². The van der Waals surface area contributed by atoms with E-state index in [2.05, 4.69) is 34.3 Å².